The monoisotopic (exact) mass is 288 g/mol. The van der Waals surface area contributed by atoms with Crippen molar-refractivity contribution in [3.63, 3.8) is 0 Å². The Bertz CT molecular complexity index is 627. The minimum Gasteiger partial charge on any atom is -0.475 e. The lowest BCUT2D eigenvalue weighted by Gasteiger charge is -2.22. The van der Waals surface area contributed by atoms with Crippen molar-refractivity contribution in [1.82, 2.24) is 13.6 Å². The highest BCUT2D eigenvalue weighted by Gasteiger charge is 2.18. The average molecular weight is 288 g/mol. The van der Waals surface area contributed by atoms with Gasteiger partial charge < -0.3 is 9.64 Å². The zero-order chi connectivity index (χ0) is 19.6. The van der Waals surface area contributed by atoms with Crippen LogP contribution in [0, 0.1) is 5.89 Å². The molecule has 0 unspecified atom stereocenters. The number of ether oxygens (including phenoxy) is 1. The van der Waals surface area contributed by atoms with Gasteiger partial charge in [-0.3, -0.25) is 0 Å². The summed E-state index contributed by atoms with van der Waals surface area (Å²) in [4.78, 5) is 2.17. The molecule has 0 amide bonds. The first-order valence-corrected chi connectivity index (χ1v) is 7.02. The number of likely N-dealkylation sites (N-methyl/N-ethyl adjacent to an activating group) is 1. The van der Waals surface area contributed by atoms with Crippen LogP contribution in [0.1, 0.15) is 48.3 Å². The summed E-state index contributed by atoms with van der Waals surface area (Å²) in [6, 6.07) is 0. The number of hydrogen-bond donors (Lipinski definition) is 0. The maximum absolute atomic E-state index is 7.98. The van der Waals surface area contributed by atoms with Gasteiger partial charge in [0.1, 0.15) is 5.69 Å². The maximum Gasteiger partial charge on any atom is 0.253 e. The van der Waals surface area contributed by atoms with Crippen LogP contribution < -0.4 is 4.74 Å². The molecule has 2 heterocycles. The van der Waals surface area contributed by atoms with Gasteiger partial charge in [-0.05, 0) is 37.8 Å². The van der Waals surface area contributed by atoms with E-state index < -0.39 is 19.6 Å². The van der Waals surface area contributed by atoms with Crippen molar-refractivity contribution in [2.24, 2.45) is 5.89 Å². The first kappa shape index (κ1) is 7.74. The molecule has 1 aliphatic rings. The fraction of sp³-hybridized carbons (Fsp3) is 0.714. The first-order chi connectivity index (χ1) is 12.0. The smallest absolute Gasteiger partial charge is 0.253 e. The van der Waals surface area contributed by atoms with Crippen molar-refractivity contribution >= 4 is 17.3 Å². The molecule has 5 heteroatoms. The molecule has 0 aromatic carbocycles. The number of rotatable bonds is 6. The average Bonchev–Trinajstić information content (AvgIpc) is 2.97. The topological polar surface area (TPSA) is 38.3 Å². The molecule has 0 radical (unpaired) electrons. The van der Waals surface area contributed by atoms with E-state index in [4.69, 9.17) is 14.3 Å². The van der Waals surface area contributed by atoms with E-state index in [9.17, 15) is 0 Å². The van der Waals surface area contributed by atoms with Crippen molar-refractivity contribution < 1.29 is 14.3 Å². The van der Waals surface area contributed by atoms with Gasteiger partial charge in [0, 0.05) is 22.7 Å². The molecule has 0 saturated heterocycles. The molecule has 19 heavy (non-hydrogen) atoms. The van der Waals surface area contributed by atoms with Crippen molar-refractivity contribution in [2.45, 2.75) is 33.0 Å². The van der Waals surface area contributed by atoms with Gasteiger partial charge in [0.25, 0.3) is 5.88 Å². The minimum atomic E-state index is -2.90. The van der Waals surface area contributed by atoms with Gasteiger partial charge >= 0.3 is 0 Å². The third-order valence-electron chi connectivity index (χ3n) is 2.91. The molecule has 0 saturated carbocycles. The second-order valence-electron chi connectivity index (χ2n) is 4.60. The Morgan fingerprint density at radius 2 is 2.47 bits per heavy atom. The van der Waals surface area contributed by atoms with Crippen LogP contribution in [0.15, 0.2) is 6.08 Å². The minimum absolute atomic E-state index is 0.0777. The Balaban J connectivity index is 1.97. The molecule has 1 aliphatic heterocycles. The van der Waals surface area contributed by atoms with Gasteiger partial charge in [-0.1, -0.05) is 19.8 Å². The van der Waals surface area contributed by atoms with Gasteiger partial charge in [0.15, 0.2) is 0 Å². The predicted molar refractivity (Wildman–Crippen MR) is 79.6 cm³/mol. The number of nitrogens with zero attached hydrogens (tertiary/aromatic N) is 3. The molecule has 0 aliphatic carbocycles. The van der Waals surface area contributed by atoms with Crippen LogP contribution in [0.5, 0.6) is 5.88 Å². The van der Waals surface area contributed by atoms with Gasteiger partial charge in [-0.15, -0.1) is 4.37 Å². The highest BCUT2D eigenvalue weighted by molar-refractivity contribution is 6.99. The van der Waals surface area contributed by atoms with Crippen molar-refractivity contribution in [3.8, 4) is 5.88 Å². The van der Waals surface area contributed by atoms with E-state index in [1.54, 1.807) is 0 Å². The van der Waals surface area contributed by atoms with E-state index in [-0.39, 0.29) is 19.4 Å². The third-order valence-corrected chi connectivity index (χ3v) is 3.43. The molecule has 0 spiro atoms. The van der Waals surface area contributed by atoms with Crippen LogP contribution in [0.3, 0.4) is 0 Å². The van der Waals surface area contributed by atoms with Crippen molar-refractivity contribution in [3.05, 3.63) is 11.8 Å². The largest absolute Gasteiger partial charge is 0.475 e. The van der Waals surface area contributed by atoms with E-state index in [2.05, 4.69) is 19.7 Å². The summed E-state index contributed by atoms with van der Waals surface area (Å²) in [6.07, 6.45) is 2.82. The summed E-state index contributed by atoms with van der Waals surface area (Å²) in [5.74, 6) is -2.14. The normalized spacial score (nSPS) is 24.1. The van der Waals surface area contributed by atoms with Crippen LogP contribution in [0.4, 0.5) is 0 Å². The molecule has 0 N–H and O–H groups in total. The van der Waals surface area contributed by atoms with E-state index in [0.717, 1.165) is 36.8 Å². The lowest BCUT2D eigenvalue weighted by Crippen LogP contribution is -2.25. The van der Waals surface area contributed by atoms with Crippen LogP contribution in [-0.4, -0.2) is 40.4 Å². The summed E-state index contributed by atoms with van der Waals surface area (Å²) in [5.41, 5.74) is 1.70. The third kappa shape index (κ3) is 4.28. The first-order valence-electron chi connectivity index (χ1n) is 9.79. The molecule has 0 fully saturated rings. The zero-order valence-corrected chi connectivity index (χ0v) is 11.8. The van der Waals surface area contributed by atoms with Crippen molar-refractivity contribution in [1.29, 1.82) is 0 Å². The predicted octanol–water partition coefficient (Wildman–Crippen LogP) is 3.07. The van der Waals surface area contributed by atoms with Crippen LogP contribution >= 0.6 is 11.7 Å². The summed E-state index contributed by atoms with van der Waals surface area (Å²) < 4.78 is 66.5. The fourth-order valence-corrected chi connectivity index (χ4v) is 2.49. The van der Waals surface area contributed by atoms with Gasteiger partial charge in [-0.2, -0.15) is 4.37 Å². The molecule has 1 aromatic heterocycles. The molecular formula is C14H23N3OS. The van der Waals surface area contributed by atoms with E-state index >= 15 is 0 Å². The lowest BCUT2D eigenvalue weighted by molar-refractivity contribution is 0.288. The second-order valence-corrected chi connectivity index (χ2v) is 5.13. The molecule has 2 rings (SSSR count). The number of hydrogen-bond acceptors (Lipinski definition) is 5. The molecule has 1 aromatic rings. The molecular weight excluding hydrogens is 258 g/mol. The van der Waals surface area contributed by atoms with E-state index in [1.807, 2.05) is 7.05 Å². The zero-order valence-electron chi connectivity index (χ0n) is 18.0. The Kier molecular flexibility index (Phi) is 2.85. The van der Waals surface area contributed by atoms with E-state index in [1.165, 1.54) is 0 Å². The Hall–Kier alpha value is -0.940. The van der Waals surface area contributed by atoms with Gasteiger partial charge in [-0.25, -0.2) is 0 Å². The molecule has 0 atom stereocenters. The summed E-state index contributed by atoms with van der Waals surface area (Å²) in [5, 5.41) is 0. The SMILES string of the molecule is [2H]C([2H])([2H])C([2H])(CCCOc1nsnc1C1=CCCN(C)C1)C([2H])([2H])[2H]. The molecule has 4 nitrogen and oxygen atoms in total. The summed E-state index contributed by atoms with van der Waals surface area (Å²) in [6.45, 7) is -4.00. The quantitative estimate of drug-likeness (QED) is 0.754. The van der Waals surface area contributed by atoms with Crippen LogP contribution in [-0.2, 0) is 0 Å². The van der Waals surface area contributed by atoms with Crippen molar-refractivity contribution in [2.75, 3.05) is 26.7 Å². The van der Waals surface area contributed by atoms with Crippen LogP contribution in [0.2, 0.25) is 0 Å². The Morgan fingerprint density at radius 1 is 1.58 bits per heavy atom. The highest BCUT2D eigenvalue weighted by atomic mass is 32.1. The maximum atomic E-state index is 7.98. The Morgan fingerprint density at radius 3 is 3.26 bits per heavy atom. The lowest BCUT2D eigenvalue weighted by atomic mass is 10.1. The standard InChI is InChI=1S/C14H23N3OS/c1-11(2)6-5-9-18-14-13(15-19-16-14)12-7-4-8-17(3)10-12/h7,11H,4-6,8-10H2,1-3H3/i1D3,2D3,11D. The summed E-state index contributed by atoms with van der Waals surface area (Å²) >= 11 is 1.03. The van der Waals surface area contributed by atoms with Gasteiger partial charge in [0.2, 0.25) is 0 Å². The van der Waals surface area contributed by atoms with Crippen LogP contribution in [0.25, 0.3) is 5.57 Å². The Labute approximate surface area is 129 Å². The molecule has 0 bridgehead atoms. The highest BCUT2D eigenvalue weighted by Crippen LogP contribution is 2.27. The molecule has 106 valence electrons. The summed E-state index contributed by atoms with van der Waals surface area (Å²) in [7, 11) is 2.02. The van der Waals surface area contributed by atoms with Gasteiger partial charge in [0.05, 0.1) is 18.3 Å². The van der Waals surface area contributed by atoms with E-state index in [0.29, 0.717) is 11.6 Å². The fourth-order valence-electron chi connectivity index (χ4n) is 1.95. The number of aromatic nitrogens is 2. The second kappa shape index (κ2) is 7.01.